The van der Waals surface area contributed by atoms with Crippen molar-refractivity contribution in [1.29, 1.82) is 0 Å². The molecule has 0 radical (unpaired) electrons. The van der Waals surface area contributed by atoms with E-state index < -0.39 is 0 Å². The highest BCUT2D eigenvalue weighted by Gasteiger charge is 2.58. The second kappa shape index (κ2) is 4.68. The van der Waals surface area contributed by atoms with E-state index in [1.807, 2.05) is 0 Å². The van der Waals surface area contributed by atoms with E-state index in [0.717, 1.165) is 12.5 Å². The third-order valence-corrected chi connectivity index (χ3v) is 5.36. The van der Waals surface area contributed by atoms with Crippen LogP contribution in [0.2, 0.25) is 0 Å². The zero-order chi connectivity index (χ0) is 11.6. The molecular weight excluding hydrogens is 196 g/mol. The first-order valence-corrected chi connectivity index (χ1v) is 7.32. The molecule has 1 spiro atoms. The van der Waals surface area contributed by atoms with Gasteiger partial charge in [0.15, 0.2) is 0 Å². The summed E-state index contributed by atoms with van der Waals surface area (Å²) >= 11 is 0. The predicted octanol–water partition coefficient (Wildman–Crippen LogP) is 4.55. The molecule has 2 fully saturated rings. The summed E-state index contributed by atoms with van der Waals surface area (Å²) in [5.41, 5.74) is 0.840. The normalized spacial score (nSPS) is 43.3. The number of unbranched alkanes of at least 4 members (excludes halogenated alkanes) is 1. The third-order valence-electron chi connectivity index (χ3n) is 5.36. The van der Waals surface area contributed by atoms with Crippen LogP contribution >= 0.6 is 0 Å². The number of rotatable bonds is 4. The summed E-state index contributed by atoms with van der Waals surface area (Å²) in [6.45, 7) is 8.11. The Bertz CT molecular complexity index is 212. The summed E-state index contributed by atoms with van der Waals surface area (Å²) in [6, 6.07) is 0. The lowest BCUT2D eigenvalue weighted by Crippen LogP contribution is -2.64. The topological polar surface area (TPSA) is 9.23 Å². The summed E-state index contributed by atoms with van der Waals surface area (Å²) in [6.07, 6.45) is 10.8. The molecule has 0 N–H and O–H groups in total. The van der Waals surface area contributed by atoms with Crippen molar-refractivity contribution in [3.8, 4) is 0 Å². The molecule has 16 heavy (non-hydrogen) atoms. The van der Waals surface area contributed by atoms with Crippen molar-refractivity contribution < 1.29 is 4.74 Å². The smallest absolute Gasteiger partial charge is 0.0760 e. The highest BCUT2D eigenvalue weighted by molar-refractivity contribution is 5.08. The first-order valence-electron chi connectivity index (χ1n) is 7.32. The first kappa shape index (κ1) is 12.4. The van der Waals surface area contributed by atoms with Gasteiger partial charge in [-0.3, -0.25) is 0 Å². The van der Waals surface area contributed by atoms with Crippen LogP contribution in [-0.4, -0.2) is 12.2 Å². The Labute approximate surface area is 101 Å². The molecule has 1 heteroatoms. The van der Waals surface area contributed by atoms with Gasteiger partial charge in [-0.15, -0.1) is 0 Å². The van der Waals surface area contributed by atoms with Gasteiger partial charge in [-0.25, -0.2) is 0 Å². The number of ether oxygens (including phenoxy) is 1. The molecule has 1 aliphatic heterocycles. The first-order chi connectivity index (χ1) is 7.68. The van der Waals surface area contributed by atoms with E-state index in [9.17, 15) is 0 Å². The van der Waals surface area contributed by atoms with Gasteiger partial charge in [0.05, 0.1) is 12.2 Å². The number of hydrogen-bond acceptors (Lipinski definition) is 1. The third kappa shape index (κ3) is 1.81. The Morgan fingerprint density at radius 3 is 2.31 bits per heavy atom. The van der Waals surface area contributed by atoms with Gasteiger partial charge in [-0.2, -0.15) is 0 Å². The second-order valence-corrected chi connectivity index (χ2v) is 6.20. The van der Waals surface area contributed by atoms with Crippen LogP contribution in [0.25, 0.3) is 0 Å². The van der Waals surface area contributed by atoms with Gasteiger partial charge in [-0.1, -0.05) is 33.6 Å². The molecule has 1 aliphatic carbocycles. The van der Waals surface area contributed by atoms with Gasteiger partial charge < -0.3 is 4.74 Å². The molecule has 94 valence electrons. The maximum Gasteiger partial charge on any atom is 0.0760 e. The van der Waals surface area contributed by atoms with Crippen molar-refractivity contribution in [1.82, 2.24) is 0 Å². The van der Waals surface area contributed by atoms with Crippen LogP contribution in [0.3, 0.4) is 0 Å². The Hall–Kier alpha value is -0.0400. The fraction of sp³-hybridized carbons (Fsp3) is 1.00. The van der Waals surface area contributed by atoms with E-state index in [2.05, 4.69) is 20.8 Å². The van der Waals surface area contributed by atoms with Crippen molar-refractivity contribution in [2.45, 2.75) is 77.7 Å². The van der Waals surface area contributed by atoms with E-state index in [1.54, 1.807) is 0 Å². The molecule has 0 aromatic heterocycles. The van der Waals surface area contributed by atoms with Gasteiger partial charge in [0.25, 0.3) is 0 Å². The largest absolute Gasteiger partial charge is 0.374 e. The van der Waals surface area contributed by atoms with Gasteiger partial charge in [0, 0.05) is 5.41 Å². The molecule has 0 aromatic carbocycles. The fourth-order valence-electron chi connectivity index (χ4n) is 3.80. The highest BCUT2D eigenvalue weighted by Crippen LogP contribution is 2.58. The van der Waals surface area contributed by atoms with Gasteiger partial charge in [0.2, 0.25) is 0 Å². The van der Waals surface area contributed by atoms with E-state index >= 15 is 0 Å². The lowest BCUT2D eigenvalue weighted by molar-refractivity contribution is -0.288. The second-order valence-electron chi connectivity index (χ2n) is 6.20. The molecule has 1 saturated carbocycles. The van der Waals surface area contributed by atoms with E-state index in [4.69, 9.17) is 4.74 Å². The zero-order valence-corrected chi connectivity index (χ0v) is 11.3. The van der Waals surface area contributed by atoms with Crippen LogP contribution in [0.5, 0.6) is 0 Å². The van der Waals surface area contributed by atoms with Crippen LogP contribution in [0.1, 0.15) is 72.1 Å². The highest BCUT2D eigenvalue weighted by atomic mass is 16.5. The molecule has 2 rings (SSSR count). The van der Waals surface area contributed by atoms with Crippen molar-refractivity contribution in [3.63, 3.8) is 0 Å². The van der Waals surface area contributed by atoms with E-state index in [1.165, 1.54) is 51.4 Å². The lowest BCUT2D eigenvalue weighted by Gasteiger charge is -2.61. The SMILES string of the molecule is CCCCC1(CC)COC12CCC(C)CC2. The summed E-state index contributed by atoms with van der Waals surface area (Å²) in [5, 5.41) is 0. The van der Waals surface area contributed by atoms with Crippen molar-refractivity contribution in [2.24, 2.45) is 11.3 Å². The molecule has 0 bridgehead atoms. The monoisotopic (exact) mass is 224 g/mol. The van der Waals surface area contributed by atoms with Crippen LogP contribution in [0.4, 0.5) is 0 Å². The van der Waals surface area contributed by atoms with Gasteiger partial charge in [-0.05, 0) is 44.4 Å². The maximum absolute atomic E-state index is 6.11. The molecule has 2 aliphatic rings. The molecule has 1 nitrogen and oxygen atoms in total. The minimum Gasteiger partial charge on any atom is -0.374 e. The Balaban J connectivity index is 2.03. The molecule has 0 aromatic rings. The standard InChI is InChI=1S/C15H28O/c1-4-6-9-14(5-2)12-16-15(14)10-7-13(3)8-11-15/h13H,4-12H2,1-3H3. The average Bonchev–Trinajstić information content (AvgIpc) is 2.30. The summed E-state index contributed by atoms with van der Waals surface area (Å²) < 4.78 is 6.11. The van der Waals surface area contributed by atoms with Crippen LogP contribution in [0.15, 0.2) is 0 Å². The van der Waals surface area contributed by atoms with Gasteiger partial charge >= 0.3 is 0 Å². The summed E-state index contributed by atoms with van der Waals surface area (Å²) in [4.78, 5) is 0. The fourth-order valence-corrected chi connectivity index (χ4v) is 3.80. The summed E-state index contributed by atoms with van der Waals surface area (Å²) in [7, 11) is 0. The maximum atomic E-state index is 6.11. The molecule has 0 amide bonds. The van der Waals surface area contributed by atoms with Gasteiger partial charge in [0.1, 0.15) is 0 Å². The van der Waals surface area contributed by atoms with Crippen LogP contribution in [0, 0.1) is 11.3 Å². The van der Waals surface area contributed by atoms with Crippen LogP contribution in [-0.2, 0) is 4.74 Å². The predicted molar refractivity (Wildman–Crippen MR) is 68.6 cm³/mol. The number of hydrogen-bond donors (Lipinski definition) is 0. The molecule has 1 unspecified atom stereocenters. The van der Waals surface area contributed by atoms with E-state index in [-0.39, 0.29) is 0 Å². The zero-order valence-electron chi connectivity index (χ0n) is 11.3. The Morgan fingerprint density at radius 1 is 1.19 bits per heavy atom. The minimum absolute atomic E-state index is 0.295. The average molecular weight is 224 g/mol. The van der Waals surface area contributed by atoms with Crippen molar-refractivity contribution in [3.05, 3.63) is 0 Å². The lowest BCUT2D eigenvalue weighted by atomic mass is 9.57. The minimum atomic E-state index is 0.295. The van der Waals surface area contributed by atoms with Crippen LogP contribution < -0.4 is 0 Å². The van der Waals surface area contributed by atoms with Crippen molar-refractivity contribution in [2.75, 3.05) is 6.61 Å². The quantitative estimate of drug-likeness (QED) is 0.680. The molecular formula is C15H28O. The van der Waals surface area contributed by atoms with E-state index in [0.29, 0.717) is 11.0 Å². The van der Waals surface area contributed by atoms with Crippen molar-refractivity contribution >= 4 is 0 Å². The summed E-state index contributed by atoms with van der Waals surface area (Å²) in [5.74, 6) is 0.926. The molecule has 1 heterocycles. The Kier molecular flexibility index (Phi) is 3.63. The molecule has 1 saturated heterocycles. The molecule has 1 atom stereocenters. The Morgan fingerprint density at radius 2 is 1.88 bits per heavy atom.